The largest absolute Gasteiger partial charge is 0.452 e. The number of carbonyl (C=O) groups excluding carboxylic acids is 3. The lowest BCUT2D eigenvalue weighted by Gasteiger charge is -2.17. The van der Waals surface area contributed by atoms with Crippen molar-refractivity contribution in [3.63, 3.8) is 0 Å². The minimum absolute atomic E-state index is 0.121. The number of anilines is 1. The number of amides is 2. The number of likely N-dealkylation sites (N-methyl/N-ethyl adjacent to an activating group) is 1. The molecule has 0 atom stereocenters. The number of hydrogen-bond donors (Lipinski definition) is 1. The molecule has 166 valence electrons. The second-order valence-corrected chi connectivity index (χ2v) is 7.75. The van der Waals surface area contributed by atoms with Gasteiger partial charge in [0.15, 0.2) is 6.61 Å². The molecule has 2 aromatic rings. The summed E-state index contributed by atoms with van der Waals surface area (Å²) in [4.78, 5) is 37.9. The number of ether oxygens (including phenoxy) is 2. The average Bonchev–Trinajstić information content (AvgIpc) is 2.73. The van der Waals surface area contributed by atoms with E-state index in [0.29, 0.717) is 17.9 Å². The van der Waals surface area contributed by atoms with Crippen LogP contribution in [0.4, 0.5) is 5.69 Å². The van der Waals surface area contributed by atoms with Crippen LogP contribution in [-0.4, -0.2) is 49.0 Å². The summed E-state index contributed by atoms with van der Waals surface area (Å²) in [5.41, 5.74) is 3.95. The molecule has 0 heterocycles. The molecule has 2 aromatic carbocycles. The molecule has 0 aliphatic heterocycles. The van der Waals surface area contributed by atoms with Crippen LogP contribution in [0.5, 0.6) is 0 Å². The molecule has 2 amide bonds. The zero-order valence-electron chi connectivity index (χ0n) is 18.7. The lowest BCUT2D eigenvalue weighted by Crippen LogP contribution is -2.37. The summed E-state index contributed by atoms with van der Waals surface area (Å²) >= 11 is 0. The molecule has 0 aromatic heterocycles. The van der Waals surface area contributed by atoms with Crippen molar-refractivity contribution in [2.45, 2.75) is 40.4 Å². The number of rotatable bonds is 9. The van der Waals surface area contributed by atoms with Crippen molar-refractivity contribution < 1.29 is 23.9 Å². The zero-order chi connectivity index (χ0) is 23.0. The molecule has 0 radical (unpaired) electrons. The highest BCUT2D eigenvalue weighted by molar-refractivity contribution is 5.96. The van der Waals surface area contributed by atoms with Crippen LogP contribution in [0.15, 0.2) is 42.5 Å². The Balaban J connectivity index is 1.81. The third kappa shape index (κ3) is 7.86. The topological polar surface area (TPSA) is 84.9 Å². The van der Waals surface area contributed by atoms with Crippen LogP contribution in [-0.2, 0) is 25.7 Å². The molecular formula is C24H30N2O5. The molecule has 7 heteroatoms. The molecule has 0 aliphatic rings. The van der Waals surface area contributed by atoms with Crippen molar-refractivity contribution >= 4 is 23.5 Å². The summed E-state index contributed by atoms with van der Waals surface area (Å²) in [6.45, 7) is 7.61. The van der Waals surface area contributed by atoms with Gasteiger partial charge in [-0.05, 0) is 62.6 Å². The van der Waals surface area contributed by atoms with Crippen LogP contribution in [0.3, 0.4) is 0 Å². The molecule has 1 N–H and O–H groups in total. The van der Waals surface area contributed by atoms with Crippen LogP contribution in [0.1, 0.15) is 40.9 Å². The lowest BCUT2D eigenvalue weighted by molar-refractivity contribution is -0.136. The van der Waals surface area contributed by atoms with Crippen molar-refractivity contribution in [3.8, 4) is 0 Å². The molecule has 0 spiro atoms. The van der Waals surface area contributed by atoms with Crippen molar-refractivity contribution in [2.24, 2.45) is 0 Å². The Morgan fingerprint density at radius 3 is 2.35 bits per heavy atom. The van der Waals surface area contributed by atoms with E-state index in [0.717, 1.165) is 16.7 Å². The first-order valence-corrected chi connectivity index (χ1v) is 10.1. The minimum Gasteiger partial charge on any atom is -0.452 e. The van der Waals surface area contributed by atoms with E-state index in [1.807, 2.05) is 45.9 Å². The second-order valence-electron chi connectivity index (χ2n) is 7.75. The second kappa shape index (κ2) is 11.3. The Bertz CT molecular complexity index is 922. The molecule has 0 unspecified atom stereocenters. The SMILES string of the molecule is Cc1ccc(C)c(NC(=O)CN(C)C(=O)COC(=O)c2ccc(COC(C)C)cc2)c1. The van der Waals surface area contributed by atoms with Gasteiger partial charge in [-0.1, -0.05) is 24.3 Å². The Morgan fingerprint density at radius 1 is 1.03 bits per heavy atom. The summed E-state index contributed by atoms with van der Waals surface area (Å²) in [5.74, 6) is -1.39. The maximum absolute atomic E-state index is 12.3. The molecule has 0 aliphatic carbocycles. The summed E-state index contributed by atoms with van der Waals surface area (Å²) in [5, 5.41) is 2.80. The van der Waals surface area contributed by atoms with Crippen molar-refractivity contribution in [1.82, 2.24) is 4.90 Å². The maximum atomic E-state index is 12.3. The first-order valence-electron chi connectivity index (χ1n) is 10.1. The molecule has 0 fully saturated rings. The van der Waals surface area contributed by atoms with Gasteiger partial charge in [-0.3, -0.25) is 9.59 Å². The number of hydrogen-bond acceptors (Lipinski definition) is 5. The van der Waals surface area contributed by atoms with E-state index in [4.69, 9.17) is 9.47 Å². The summed E-state index contributed by atoms with van der Waals surface area (Å²) in [7, 11) is 1.49. The highest BCUT2D eigenvalue weighted by Gasteiger charge is 2.16. The predicted octanol–water partition coefficient (Wildman–Crippen LogP) is 3.48. The van der Waals surface area contributed by atoms with Gasteiger partial charge in [-0.2, -0.15) is 0 Å². The van der Waals surface area contributed by atoms with Gasteiger partial charge in [0.1, 0.15) is 0 Å². The normalized spacial score (nSPS) is 10.6. The fourth-order valence-electron chi connectivity index (χ4n) is 2.68. The first-order chi connectivity index (χ1) is 14.7. The Hall–Kier alpha value is -3.19. The number of benzene rings is 2. The molecule has 0 saturated carbocycles. The van der Waals surface area contributed by atoms with E-state index < -0.39 is 18.5 Å². The van der Waals surface area contributed by atoms with E-state index in [-0.39, 0.29) is 18.6 Å². The van der Waals surface area contributed by atoms with Crippen molar-refractivity contribution in [1.29, 1.82) is 0 Å². The van der Waals surface area contributed by atoms with Crippen LogP contribution in [0.25, 0.3) is 0 Å². The van der Waals surface area contributed by atoms with Gasteiger partial charge in [-0.15, -0.1) is 0 Å². The van der Waals surface area contributed by atoms with E-state index in [1.165, 1.54) is 11.9 Å². The summed E-state index contributed by atoms with van der Waals surface area (Å²) < 4.78 is 10.6. The molecule has 0 bridgehead atoms. The van der Waals surface area contributed by atoms with Gasteiger partial charge in [-0.25, -0.2) is 4.79 Å². The van der Waals surface area contributed by atoms with Gasteiger partial charge >= 0.3 is 5.97 Å². The van der Waals surface area contributed by atoms with E-state index in [2.05, 4.69) is 5.32 Å². The van der Waals surface area contributed by atoms with Gasteiger partial charge in [0.2, 0.25) is 5.91 Å². The van der Waals surface area contributed by atoms with Crippen LogP contribution in [0, 0.1) is 13.8 Å². The van der Waals surface area contributed by atoms with E-state index >= 15 is 0 Å². The fraction of sp³-hybridized carbons (Fsp3) is 0.375. The molecule has 7 nitrogen and oxygen atoms in total. The first kappa shape index (κ1) is 24.1. The molecule has 31 heavy (non-hydrogen) atoms. The predicted molar refractivity (Wildman–Crippen MR) is 119 cm³/mol. The molecular weight excluding hydrogens is 396 g/mol. The van der Waals surface area contributed by atoms with Gasteiger partial charge in [0, 0.05) is 12.7 Å². The number of esters is 1. The van der Waals surface area contributed by atoms with Crippen LogP contribution < -0.4 is 5.32 Å². The van der Waals surface area contributed by atoms with E-state index in [9.17, 15) is 14.4 Å². The van der Waals surface area contributed by atoms with E-state index in [1.54, 1.807) is 24.3 Å². The van der Waals surface area contributed by atoms with Crippen LogP contribution in [0.2, 0.25) is 0 Å². The number of aryl methyl sites for hydroxylation is 2. The lowest BCUT2D eigenvalue weighted by atomic mass is 10.1. The highest BCUT2D eigenvalue weighted by Crippen LogP contribution is 2.16. The van der Waals surface area contributed by atoms with Gasteiger partial charge in [0.05, 0.1) is 24.8 Å². The quantitative estimate of drug-likeness (QED) is 0.621. The van der Waals surface area contributed by atoms with Gasteiger partial charge < -0.3 is 19.7 Å². The molecule has 0 saturated heterocycles. The smallest absolute Gasteiger partial charge is 0.338 e. The summed E-state index contributed by atoms with van der Waals surface area (Å²) in [6, 6.07) is 12.6. The van der Waals surface area contributed by atoms with Crippen molar-refractivity contribution in [3.05, 3.63) is 64.7 Å². The highest BCUT2D eigenvalue weighted by atomic mass is 16.5. The Kier molecular flexibility index (Phi) is 8.75. The average molecular weight is 427 g/mol. The van der Waals surface area contributed by atoms with Gasteiger partial charge in [0.25, 0.3) is 5.91 Å². The Morgan fingerprint density at radius 2 is 1.71 bits per heavy atom. The van der Waals surface area contributed by atoms with Crippen molar-refractivity contribution in [2.75, 3.05) is 25.5 Å². The third-order valence-corrected chi connectivity index (χ3v) is 4.57. The third-order valence-electron chi connectivity index (χ3n) is 4.57. The monoisotopic (exact) mass is 426 g/mol. The number of nitrogens with zero attached hydrogens (tertiary/aromatic N) is 1. The Labute approximate surface area is 183 Å². The maximum Gasteiger partial charge on any atom is 0.338 e. The number of nitrogens with one attached hydrogen (secondary N) is 1. The molecule has 2 rings (SSSR count). The fourth-order valence-corrected chi connectivity index (χ4v) is 2.68. The number of carbonyl (C=O) groups is 3. The standard InChI is InChI=1S/C24H30N2O5/c1-16(2)30-14-19-8-10-20(11-9-19)24(29)31-15-23(28)26(5)13-22(27)25-21-12-17(3)6-7-18(21)4/h6-12,16H,13-15H2,1-5H3,(H,25,27). The minimum atomic E-state index is -0.599. The zero-order valence-corrected chi connectivity index (χ0v) is 18.7. The van der Waals surface area contributed by atoms with Crippen LogP contribution >= 0.6 is 0 Å². The summed E-state index contributed by atoms with van der Waals surface area (Å²) in [6.07, 6.45) is 0.121.